The molecule has 5 nitrogen and oxygen atoms in total. The molecule has 1 aliphatic rings. The molecule has 0 aromatic carbocycles. The standard InChI is InChI=1S/C11H17N3O2/c1-3-10(15)14-6-4-9(5-7-14)11-13-12-8(2)16-11/h9H,3-7H2,1-2H3. The zero-order valence-electron chi connectivity index (χ0n) is 9.77. The Labute approximate surface area is 94.8 Å². The highest BCUT2D eigenvalue weighted by atomic mass is 16.4. The molecule has 0 spiro atoms. The lowest BCUT2D eigenvalue weighted by atomic mass is 9.96. The van der Waals surface area contributed by atoms with Crippen LogP contribution in [0.3, 0.4) is 0 Å². The molecule has 0 radical (unpaired) electrons. The Morgan fingerprint density at radius 2 is 2.12 bits per heavy atom. The first-order chi connectivity index (χ1) is 7.70. The van der Waals surface area contributed by atoms with Gasteiger partial charge in [-0.25, -0.2) is 0 Å². The van der Waals surface area contributed by atoms with Crippen LogP contribution in [0.1, 0.15) is 43.9 Å². The summed E-state index contributed by atoms with van der Waals surface area (Å²) in [7, 11) is 0. The topological polar surface area (TPSA) is 59.2 Å². The molecule has 1 amide bonds. The van der Waals surface area contributed by atoms with Crippen LogP contribution in [0.2, 0.25) is 0 Å². The van der Waals surface area contributed by atoms with Crippen molar-refractivity contribution in [3.8, 4) is 0 Å². The van der Waals surface area contributed by atoms with Crippen molar-refractivity contribution in [3.05, 3.63) is 11.8 Å². The predicted molar refractivity (Wildman–Crippen MR) is 57.9 cm³/mol. The number of aromatic nitrogens is 2. The number of rotatable bonds is 2. The van der Waals surface area contributed by atoms with E-state index >= 15 is 0 Å². The molecule has 2 heterocycles. The van der Waals surface area contributed by atoms with Gasteiger partial charge in [0.2, 0.25) is 17.7 Å². The smallest absolute Gasteiger partial charge is 0.222 e. The molecule has 0 unspecified atom stereocenters. The first kappa shape index (κ1) is 11.1. The van der Waals surface area contributed by atoms with Crippen molar-refractivity contribution < 1.29 is 9.21 Å². The van der Waals surface area contributed by atoms with Gasteiger partial charge >= 0.3 is 0 Å². The lowest BCUT2D eigenvalue weighted by Gasteiger charge is -2.30. The Morgan fingerprint density at radius 1 is 1.44 bits per heavy atom. The van der Waals surface area contributed by atoms with Gasteiger partial charge in [-0.05, 0) is 12.8 Å². The van der Waals surface area contributed by atoms with E-state index in [2.05, 4.69) is 10.2 Å². The average Bonchev–Trinajstić information content (AvgIpc) is 2.75. The van der Waals surface area contributed by atoms with Crippen LogP contribution < -0.4 is 0 Å². The van der Waals surface area contributed by atoms with Crippen molar-refractivity contribution in [2.24, 2.45) is 0 Å². The largest absolute Gasteiger partial charge is 0.425 e. The second kappa shape index (κ2) is 4.63. The number of piperidine rings is 1. The third kappa shape index (κ3) is 2.23. The van der Waals surface area contributed by atoms with Gasteiger partial charge in [0, 0.05) is 32.4 Å². The Morgan fingerprint density at radius 3 is 2.62 bits per heavy atom. The van der Waals surface area contributed by atoms with Crippen LogP contribution in [0, 0.1) is 6.92 Å². The summed E-state index contributed by atoms with van der Waals surface area (Å²) in [5, 5.41) is 7.87. The highest BCUT2D eigenvalue weighted by Crippen LogP contribution is 2.27. The van der Waals surface area contributed by atoms with Crippen LogP contribution >= 0.6 is 0 Å². The molecule has 16 heavy (non-hydrogen) atoms. The molecule has 1 aromatic rings. The van der Waals surface area contributed by atoms with Gasteiger partial charge in [0.05, 0.1) is 0 Å². The summed E-state index contributed by atoms with van der Waals surface area (Å²) in [6, 6.07) is 0. The zero-order chi connectivity index (χ0) is 11.5. The van der Waals surface area contributed by atoms with E-state index in [-0.39, 0.29) is 5.91 Å². The lowest BCUT2D eigenvalue weighted by Crippen LogP contribution is -2.37. The summed E-state index contributed by atoms with van der Waals surface area (Å²) in [4.78, 5) is 13.4. The Kier molecular flexibility index (Phi) is 3.22. The molecule has 2 rings (SSSR count). The highest BCUT2D eigenvalue weighted by molar-refractivity contribution is 5.75. The normalized spacial score (nSPS) is 17.8. The van der Waals surface area contributed by atoms with Crippen LogP contribution in [-0.2, 0) is 4.79 Å². The number of amides is 1. The molecular weight excluding hydrogens is 206 g/mol. The van der Waals surface area contributed by atoms with E-state index in [9.17, 15) is 4.79 Å². The van der Waals surface area contributed by atoms with Gasteiger partial charge in [-0.15, -0.1) is 10.2 Å². The SMILES string of the molecule is CCC(=O)N1CCC(c2nnc(C)o2)CC1. The van der Waals surface area contributed by atoms with E-state index in [1.807, 2.05) is 11.8 Å². The van der Waals surface area contributed by atoms with Gasteiger partial charge < -0.3 is 9.32 Å². The fraction of sp³-hybridized carbons (Fsp3) is 0.727. The Hall–Kier alpha value is -1.39. The molecule has 1 fully saturated rings. The van der Waals surface area contributed by atoms with Crippen molar-refractivity contribution in [1.29, 1.82) is 0 Å². The molecule has 0 aliphatic carbocycles. The summed E-state index contributed by atoms with van der Waals surface area (Å²) < 4.78 is 5.42. The molecule has 0 N–H and O–H groups in total. The van der Waals surface area contributed by atoms with Crippen LogP contribution in [0.15, 0.2) is 4.42 Å². The van der Waals surface area contributed by atoms with E-state index in [0.29, 0.717) is 18.2 Å². The second-order valence-electron chi connectivity index (χ2n) is 4.17. The zero-order valence-corrected chi connectivity index (χ0v) is 9.77. The molecular formula is C11H17N3O2. The highest BCUT2D eigenvalue weighted by Gasteiger charge is 2.26. The van der Waals surface area contributed by atoms with E-state index in [4.69, 9.17) is 4.42 Å². The number of aryl methyl sites for hydroxylation is 1. The number of nitrogens with zero attached hydrogens (tertiary/aromatic N) is 3. The number of hydrogen-bond donors (Lipinski definition) is 0. The minimum Gasteiger partial charge on any atom is -0.425 e. The number of likely N-dealkylation sites (tertiary alicyclic amines) is 1. The predicted octanol–water partition coefficient (Wildman–Crippen LogP) is 1.49. The maximum absolute atomic E-state index is 11.5. The van der Waals surface area contributed by atoms with Gasteiger partial charge in [-0.1, -0.05) is 6.92 Å². The van der Waals surface area contributed by atoms with Gasteiger partial charge in [-0.3, -0.25) is 4.79 Å². The van der Waals surface area contributed by atoms with Gasteiger partial charge in [-0.2, -0.15) is 0 Å². The molecule has 1 aliphatic heterocycles. The third-order valence-electron chi connectivity index (χ3n) is 3.04. The summed E-state index contributed by atoms with van der Waals surface area (Å²) >= 11 is 0. The first-order valence-electron chi connectivity index (χ1n) is 5.78. The van der Waals surface area contributed by atoms with Crippen molar-refractivity contribution in [1.82, 2.24) is 15.1 Å². The minimum atomic E-state index is 0.236. The fourth-order valence-electron chi connectivity index (χ4n) is 2.08. The second-order valence-corrected chi connectivity index (χ2v) is 4.17. The molecule has 5 heteroatoms. The number of hydrogen-bond acceptors (Lipinski definition) is 4. The van der Waals surface area contributed by atoms with Gasteiger partial charge in [0.15, 0.2) is 0 Å². The lowest BCUT2D eigenvalue weighted by molar-refractivity contribution is -0.131. The quantitative estimate of drug-likeness (QED) is 0.762. The van der Waals surface area contributed by atoms with Crippen LogP contribution in [0.25, 0.3) is 0 Å². The average molecular weight is 223 g/mol. The summed E-state index contributed by atoms with van der Waals surface area (Å²) in [6.45, 7) is 5.31. The first-order valence-corrected chi connectivity index (χ1v) is 5.78. The third-order valence-corrected chi connectivity index (χ3v) is 3.04. The van der Waals surface area contributed by atoms with Crippen LogP contribution in [-0.4, -0.2) is 34.1 Å². The van der Waals surface area contributed by atoms with Crippen LogP contribution in [0.5, 0.6) is 0 Å². The molecule has 0 saturated carbocycles. The minimum absolute atomic E-state index is 0.236. The maximum atomic E-state index is 11.5. The molecule has 1 aromatic heterocycles. The number of carbonyl (C=O) groups excluding carboxylic acids is 1. The van der Waals surface area contributed by atoms with Gasteiger partial charge in [0.25, 0.3) is 0 Å². The van der Waals surface area contributed by atoms with Gasteiger partial charge in [0.1, 0.15) is 0 Å². The monoisotopic (exact) mass is 223 g/mol. The Balaban J connectivity index is 1.92. The maximum Gasteiger partial charge on any atom is 0.222 e. The van der Waals surface area contributed by atoms with Crippen molar-refractivity contribution in [2.45, 2.75) is 39.0 Å². The Bertz CT molecular complexity index is 367. The summed E-state index contributed by atoms with van der Waals surface area (Å²) in [5.41, 5.74) is 0. The molecule has 0 atom stereocenters. The van der Waals surface area contributed by atoms with Crippen LogP contribution in [0.4, 0.5) is 0 Å². The van der Waals surface area contributed by atoms with E-state index < -0.39 is 0 Å². The van der Waals surface area contributed by atoms with E-state index in [0.717, 1.165) is 31.8 Å². The fourth-order valence-corrected chi connectivity index (χ4v) is 2.08. The van der Waals surface area contributed by atoms with Crippen molar-refractivity contribution in [2.75, 3.05) is 13.1 Å². The summed E-state index contributed by atoms with van der Waals surface area (Å²) in [6.07, 6.45) is 2.44. The van der Waals surface area contributed by atoms with E-state index in [1.54, 1.807) is 6.92 Å². The molecule has 0 bridgehead atoms. The van der Waals surface area contributed by atoms with Crippen molar-refractivity contribution in [3.63, 3.8) is 0 Å². The van der Waals surface area contributed by atoms with E-state index in [1.165, 1.54) is 0 Å². The molecule has 1 saturated heterocycles. The number of carbonyl (C=O) groups is 1. The molecule has 88 valence electrons. The van der Waals surface area contributed by atoms with Crippen molar-refractivity contribution >= 4 is 5.91 Å². The summed E-state index contributed by atoms with van der Waals surface area (Å²) in [5.74, 6) is 1.89.